The Kier molecular flexibility index (Phi) is 4.62. The summed E-state index contributed by atoms with van der Waals surface area (Å²) in [4.78, 5) is 14.8. The van der Waals surface area contributed by atoms with Crippen LogP contribution in [0.4, 0.5) is 0 Å². The van der Waals surface area contributed by atoms with Gasteiger partial charge in [-0.25, -0.2) is 0 Å². The first-order chi connectivity index (χ1) is 11.1. The highest BCUT2D eigenvalue weighted by Crippen LogP contribution is 2.44. The number of benzene rings is 1. The van der Waals surface area contributed by atoms with Gasteiger partial charge in [-0.15, -0.1) is 0 Å². The third-order valence-corrected chi connectivity index (χ3v) is 5.36. The molecule has 1 saturated heterocycles. The van der Waals surface area contributed by atoms with Crippen molar-refractivity contribution in [1.29, 1.82) is 0 Å². The van der Waals surface area contributed by atoms with Crippen molar-refractivity contribution in [3.05, 3.63) is 29.3 Å². The van der Waals surface area contributed by atoms with Gasteiger partial charge < -0.3 is 14.7 Å². The summed E-state index contributed by atoms with van der Waals surface area (Å²) in [5, 5.41) is 9.95. The number of aliphatic hydroxyl groups excluding tert-OH is 1. The highest BCUT2D eigenvalue weighted by molar-refractivity contribution is 5.94. The van der Waals surface area contributed by atoms with Gasteiger partial charge in [0.1, 0.15) is 5.75 Å². The number of amides is 1. The Balaban J connectivity index is 1.76. The van der Waals surface area contributed by atoms with Crippen LogP contribution in [0.3, 0.4) is 0 Å². The van der Waals surface area contributed by atoms with Crippen molar-refractivity contribution in [2.75, 3.05) is 26.8 Å². The summed E-state index contributed by atoms with van der Waals surface area (Å²) < 4.78 is 5.34. The Morgan fingerprint density at radius 3 is 2.87 bits per heavy atom. The summed E-state index contributed by atoms with van der Waals surface area (Å²) in [6.45, 7) is 3.61. The summed E-state index contributed by atoms with van der Waals surface area (Å²) in [5.74, 6) is 1.56. The van der Waals surface area contributed by atoms with Crippen LogP contribution in [-0.4, -0.2) is 42.7 Å². The zero-order valence-electron chi connectivity index (χ0n) is 14.2. The lowest BCUT2D eigenvalue weighted by atomic mass is 9.76. The number of likely N-dealkylation sites (tertiary alicyclic amines) is 1. The smallest absolute Gasteiger partial charge is 0.254 e. The van der Waals surface area contributed by atoms with Gasteiger partial charge >= 0.3 is 0 Å². The van der Waals surface area contributed by atoms with Gasteiger partial charge in [-0.1, -0.05) is 18.9 Å². The van der Waals surface area contributed by atoms with E-state index in [0.717, 1.165) is 43.0 Å². The lowest BCUT2D eigenvalue weighted by Gasteiger charge is -2.42. The van der Waals surface area contributed by atoms with Crippen LogP contribution >= 0.6 is 0 Å². The van der Waals surface area contributed by atoms with E-state index in [4.69, 9.17) is 4.74 Å². The number of rotatable bonds is 5. The summed E-state index contributed by atoms with van der Waals surface area (Å²) in [5.41, 5.74) is 1.61. The van der Waals surface area contributed by atoms with E-state index >= 15 is 0 Å². The largest absolute Gasteiger partial charge is 0.496 e. The second-order valence-corrected chi connectivity index (χ2v) is 7.32. The van der Waals surface area contributed by atoms with E-state index < -0.39 is 0 Å². The van der Waals surface area contributed by atoms with Gasteiger partial charge in [0.05, 0.1) is 13.7 Å². The van der Waals surface area contributed by atoms with Gasteiger partial charge in [0, 0.05) is 24.1 Å². The Morgan fingerprint density at radius 2 is 2.22 bits per heavy atom. The predicted molar refractivity (Wildman–Crippen MR) is 89.7 cm³/mol. The van der Waals surface area contributed by atoms with Crippen LogP contribution in [0.25, 0.3) is 0 Å². The Labute approximate surface area is 138 Å². The fourth-order valence-electron chi connectivity index (χ4n) is 3.81. The third-order valence-electron chi connectivity index (χ3n) is 5.36. The second kappa shape index (κ2) is 6.52. The summed E-state index contributed by atoms with van der Waals surface area (Å²) >= 11 is 0. The molecule has 23 heavy (non-hydrogen) atoms. The molecule has 1 atom stereocenters. The molecule has 0 radical (unpaired) electrons. The molecule has 0 unspecified atom stereocenters. The minimum Gasteiger partial charge on any atom is -0.496 e. The number of carbonyl (C=O) groups excluding carboxylic acids is 1. The standard InChI is InChI=1S/C19H27NO3/c1-14-4-7-16(10-17(14)23-2)18(22)20-9-3-8-19(12-20,13-21)11-15-5-6-15/h4,7,10,15,21H,3,5-6,8-9,11-13H2,1-2H3/t19-/m1/s1. The molecule has 1 aromatic rings. The summed E-state index contributed by atoms with van der Waals surface area (Å²) in [7, 11) is 1.63. The van der Waals surface area contributed by atoms with Gasteiger partial charge in [0.25, 0.3) is 5.91 Å². The first kappa shape index (κ1) is 16.3. The van der Waals surface area contributed by atoms with Crippen LogP contribution in [0.2, 0.25) is 0 Å². The van der Waals surface area contributed by atoms with Crippen molar-refractivity contribution in [2.24, 2.45) is 11.3 Å². The maximum Gasteiger partial charge on any atom is 0.254 e. The van der Waals surface area contributed by atoms with E-state index in [2.05, 4.69) is 0 Å². The predicted octanol–water partition coefficient (Wildman–Crippen LogP) is 3.02. The summed E-state index contributed by atoms with van der Waals surface area (Å²) in [6.07, 6.45) is 5.63. The number of aryl methyl sites for hydroxylation is 1. The van der Waals surface area contributed by atoms with Crippen LogP contribution in [0, 0.1) is 18.3 Å². The monoisotopic (exact) mass is 317 g/mol. The van der Waals surface area contributed by atoms with Crippen LogP contribution in [0.1, 0.15) is 48.0 Å². The van der Waals surface area contributed by atoms with Crippen molar-refractivity contribution in [2.45, 2.75) is 39.0 Å². The van der Waals surface area contributed by atoms with Crippen molar-refractivity contribution >= 4 is 5.91 Å². The van der Waals surface area contributed by atoms with E-state index in [-0.39, 0.29) is 17.9 Å². The molecule has 2 aliphatic rings. The molecule has 0 bridgehead atoms. The number of piperidine rings is 1. The average Bonchev–Trinajstić information content (AvgIpc) is 3.38. The lowest BCUT2D eigenvalue weighted by Crippen LogP contribution is -2.48. The molecule has 0 aromatic heterocycles. The number of ether oxygens (including phenoxy) is 1. The average molecular weight is 317 g/mol. The molecular formula is C19H27NO3. The molecule has 1 aliphatic heterocycles. The molecular weight excluding hydrogens is 290 g/mol. The zero-order chi connectivity index (χ0) is 16.4. The molecule has 1 heterocycles. The lowest BCUT2D eigenvalue weighted by molar-refractivity contribution is 0.0196. The third kappa shape index (κ3) is 3.52. The molecule has 4 nitrogen and oxygen atoms in total. The number of methoxy groups -OCH3 is 1. The van der Waals surface area contributed by atoms with Gasteiger partial charge in [0.2, 0.25) is 0 Å². The molecule has 1 amide bonds. The first-order valence-electron chi connectivity index (χ1n) is 8.62. The highest BCUT2D eigenvalue weighted by Gasteiger charge is 2.41. The Bertz CT molecular complexity index is 582. The Morgan fingerprint density at radius 1 is 1.43 bits per heavy atom. The SMILES string of the molecule is COc1cc(C(=O)N2CCC[C@@](CO)(CC3CC3)C2)ccc1C. The van der Waals surface area contributed by atoms with E-state index in [0.29, 0.717) is 12.1 Å². The van der Waals surface area contributed by atoms with Crippen LogP contribution in [0.15, 0.2) is 18.2 Å². The molecule has 1 saturated carbocycles. The van der Waals surface area contributed by atoms with Crippen molar-refractivity contribution < 1.29 is 14.6 Å². The van der Waals surface area contributed by atoms with Crippen molar-refractivity contribution in [1.82, 2.24) is 4.90 Å². The molecule has 1 aliphatic carbocycles. The topological polar surface area (TPSA) is 49.8 Å². The van der Waals surface area contributed by atoms with Gasteiger partial charge in [-0.3, -0.25) is 4.79 Å². The maximum absolute atomic E-state index is 12.9. The molecule has 1 aromatic carbocycles. The van der Waals surface area contributed by atoms with E-state index in [1.54, 1.807) is 7.11 Å². The number of aliphatic hydroxyl groups is 1. The van der Waals surface area contributed by atoms with Gasteiger partial charge in [0.15, 0.2) is 0 Å². The van der Waals surface area contributed by atoms with Crippen molar-refractivity contribution in [3.8, 4) is 5.75 Å². The molecule has 4 heteroatoms. The quantitative estimate of drug-likeness (QED) is 0.908. The Hall–Kier alpha value is -1.55. The fourth-order valence-corrected chi connectivity index (χ4v) is 3.81. The van der Waals surface area contributed by atoms with Crippen LogP contribution in [-0.2, 0) is 0 Å². The molecule has 3 rings (SSSR count). The summed E-state index contributed by atoms with van der Waals surface area (Å²) in [6, 6.07) is 5.63. The molecule has 2 fully saturated rings. The van der Waals surface area contributed by atoms with E-state index in [9.17, 15) is 9.90 Å². The number of nitrogens with zero attached hydrogens (tertiary/aromatic N) is 1. The normalized spacial score (nSPS) is 24.6. The minimum absolute atomic E-state index is 0.0524. The van der Waals surface area contributed by atoms with Gasteiger partial charge in [-0.2, -0.15) is 0 Å². The van der Waals surface area contributed by atoms with Gasteiger partial charge in [-0.05, 0) is 49.8 Å². The van der Waals surface area contributed by atoms with E-state index in [1.807, 2.05) is 30.0 Å². The highest BCUT2D eigenvalue weighted by atomic mass is 16.5. The fraction of sp³-hybridized carbons (Fsp3) is 0.632. The van der Waals surface area contributed by atoms with Crippen molar-refractivity contribution in [3.63, 3.8) is 0 Å². The van der Waals surface area contributed by atoms with Crippen LogP contribution < -0.4 is 4.74 Å². The van der Waals surface area contributed by atoms with E-state index in [1.165, 1.54) is 12.8 Å². The molecule has 1 N–H and O–H groups in total. The first-order valence-corrected chi connectivity index (χ1v) is 8.62. The number of hydrogen-bond acceptors (Lipinski definition) is 3. The van der Waals surface area contributed by atoms with Crippen LogP contribution in [0.5, 0.6) is 5.75 Å². The number of hydrogen-bond donors (Lipinski definition) is 1. The number of carbonyl (C=O) groups is 1. The molecule has 0 spiro atoms. The molecule has 126 valence electrons. The maximum atomic E-state index is 12.9. The second-order valence-electron chi connectivity index (χ2n) is 7.32. The minimum atomic E-state index is -0.0934. The zero-order valence-corrected chi connectivity index (χ0v) is 14.2.